The quantitative estimate of drug-likeness (QED) is 0.0772. The van der Waals surface area contributed by atoms with Gasteiger partial charge in [0.25, 0.3) is 11.8 Å². The van der Waals surface area contributed by atoms with Gasteiger partial charge >= 0.3 is 0 Å². The first-order chi connectivity index (χ1) is 30.4. The Kier molecular flexibility index (Phi) is 15.1. The molecule has 5 heterocycles. The van der Waals surface area contributed by atoms with Gasteiger partial charge in [-0.25, -0.2) is 9.97 Å². The molecule has 65 heavy (non-hydrogen) atoms. The fourth-order valence-corrected chi connectivity index (χ4v) is 8.63. The average molecular weight is 901 g/mol. The minimum atomic E-state index is -0.121. The van der Waals surface area contributed by atoms with E-state index in [0.717, 1.165) is 108 Å². The van der Waals surface area contributed by atoms with Crippen molar-refractivity contribution in [1.29, 1.82) is 0 Å². The number of nitrogens with zero attached hydrogens (tertiary/aromatic N) is 5. The normalized spacial score (nSPS) is 16.7. The van der Waals surface area contributed by atoms with Gasteiger partial charge in [0.1, 0.15) is 17.5 Å². The molecule has 2 aromatic carbocycles. The summed E-state index contributed by atoms with van der Waals surface area (Å²) in [6.07, 6.45) is 6.80. The van der Waals surface area contributed by atoms with E-state index in [4.69, 9.17) is 9.97 Å². The SMILES string of the molecule is C.CC1=CC(Nc2cc(N3CCN(C(C)(C)C)CC3)nc(Sc3ccc(NC(=O)C4CC4)cc3)n2)=NC1.CCCNC(=O)c1c(C)[nH]c(/C=C2\C(=O)Nc3ccc(C(C)(C)C)cc32)c1C. The van der Waals surface area contributed by atoms with Crippen molar-refractivity contribution < 1.29 is 14.4 Å². The van der Waals surface area contributed by atoms with E-state index in [1.165, 1.54) is 22.9 Å². The number of aryl methyl sites for hydroxylation is 1. The predicted molar refractivity (Wildman–Crippen MR) is 268 cm³/mol. The zero-order valence-electron chi connectivity index (χ0n) is 39.1. The molecule has 0 radical (unpaired) electrons. The number of hydrogen-bond acceptors (Lipinski definition) is 10. The maximum atomic E-state index is 12.6. The van der Waals surface area contributed by atoms with Crippen LogP contribution in [-0.4, -0.2) is 88.2 Å². The van der Waals surface area contributed by atoms with Crippen LogP contribution in [0.3, 0.4) is 0 Å². The van der Waals surface area contributed by atoms with Crippen LogP contribution in [0.2, 0.25) is 0 Å². The van der Waals surface area contributed by atoms with Gasteiger partial charge < -0.3 is 31.2 Å². The van der Waals surface area contributed by atoms with E-state index < -0.39 is 0 Å². The second kappa shape index (κ2) is 20.2. The molecule has 1 saturated carbocycles. The number of rotatable bonds is 10. The molecule has 0 unspecified atom stereocenters. The molecule has 5 N–H and O–H groups in total. The standard InChI is InChI=1S/C27H35N7OS.C23H29N3O2.CH4/c1-18-15-22(28-17-18)30-23-16-24(33-11-13-34(14-12-33)27(2,3)4)32-26(31-23)36-21-9-7-20(8-10-21)29-25(35)19-5-6-19;1-7-10-24-22(28)20-13(2)19(25-14(20)3)12-17-16-11-15(23(4,5)6)8-9-18(16)26-21(17)27;/h7-10,15-16,19H,5-6,11-14,17H2,1-4H3,(H,29,35)(H,28,30,31,32);8-9,11-12,25H,7,10H2,1-6H3,(H,24,28)(H,26,27);1H4/b;17-12-;. The first-order valence-corrected chi connectivity index (χ1v) is 23.3. The van der Waals surface area contributed by atoms with Crippen LogP contribution in [0.25, 0.3) is 11.6 Å². The number of carbonyl (C=O) groups excluding carboxylic acids is 3. The molecular weight excluding hydrogens is 833 g/mol. The summed E-state index contributed by atoms with van der Waals surface area (Å²) in [5, 5.41) is 12.9. The summed E-state index contributed by atoms with van der Waals surface area (Å²) in [6.45, 7) is 26.4. The molecule has 8 rings (SSSR count). The minimum absolute atomic E-state index is 0. The average Bonchev–Trinajstić information content (AvgIpc) is 3.87. The monoisotopic (exact) mass is 901 g/mol. The van der Waals surface area contributed by atoms with Crippen LogP contribution in [-0.2, 0) is 15.0 Å². The Hall–Kier alpha value is -5.73. The van der Waals surface area contributed by atoms with E-state index in [0.29, 0.717) is 22.8 Å². The fourth-order valence-electron chi connectivity index (χ4n) is 7.86. The third kappa shape index (κ3) is 12.1. The lowest BCUT2D eigenvalue weighted by Crippen LogP contribution is -2.53. The highest BCUT2D eigenvalue weighted by Crippen LogP contribution is 2.38. The molecule has 13 nitrogen and oxygen atoms in total. The Balaban J connectivity index is 0.000000219. The molecule has 1 saturated heterocycles. The van der Waals surface area contributed by atoms with Crippen LogP contribution in [0.15, 0.2) is 75.2 Å². The molecule has 14 heteroatoms. The van der Waals surface area contributed by atoms with Crippen LogP contribution in [0.5, 0.6) is 0 Å². The summed E-state index contributed by atoms with van der Waals surface area (Å²) in [6, 6.07) is 16.0. The van der Waals surface area contributed by atoms with Crippen LogP contribution < -0.4 is 26.2 Å². The van der Waals surface area contributed by atoms with E-state index in [-0.39, 0.29) is 42.0 Å². The Bertz CT molecular complexity index is 2500. The third-order valence-electron chi connectivity index (χ3n) is 11.9. The number of anilines is 4. The topological polar surface area (TPSA) is 160 Å². The van der Waals surface area contributed by atoms with Gasteiger partial charge in [0.05, 0.1) is 17.7 Å². The summed E-state index contributed by atoms with van der Waals surface area (Å²) >= 11 is 1.52. The van der Waals surface area contributed by atoms with E-state index in [9.17, 15) is 14.4 Å². The zero-order valence-corrected chi connectivity index (χ0v) is 39.9. The molecule has 0 bridgehead atoms. The van der Waals surface area contributed by atoms with Crippen LogP contribution in [0.1, 0.15) is 121 Å². The van der Waals surface area contributed by atoms with Gasteiger partial charge in [0, 0.05) is 83.5 Å². The summed E-state index contributed by atoms with van der Waals surface area (Å²) in [5.41, 5.74) is 8.84. The van der Waals surface area contributed by atoms with Gasteiger partial charge in [0.15, 0.2) is 5.16 Å². The van der Waals surface area contributed by atoms with Gasteiger partial charge in [0.2, 0.25) is 5.91 Å². The van der Waals surface area contributed by atoms with Crippen molar-refractivity contribution in [2.45, 2.75) is 117 Å². The highest BCUT2D eigenvalue weighted by atomic mass is 32.2. The minimum Gasteiger partial charge on any atom is -0.358 e. The second-order valence-corrected chi connectivity index (χ2v) is 20.2. The number of amides is 3. The Morgan fingerprint density at radius 1 is 0.938 bits per heavy atom. The maximum absolute atomic E-state index is 12.6. The van der Waals surface area contributed by atoms with Crippen LogP contribution in [0.4, 0.5) is 23.0 Å². The number of aromatic amines is 1. The molecule has 346 valence electrons. The van der Waals surface area contributed by atoms with Gasteiger partial charge in [-0.2, -0.15) is 0 Å². The van der Waals surface area contributed by atoms with Crippen molar-refractivity contribution in [3.63, 3.8) is 0 Å². The number of carbonyl (C=O) groups is 3. The number of benzene rings is 2. The summed E-state index contributed by atoms with van der Waals surface area (Å²) < 4.78 is 0. The highest BCUT2D eigenvalue weighted by molar-refractivity contribution is 7.99. The Labute approximate surface area is 389 Å². The molecule has 2 fully saturated rings. The fraction of sp³-hybridized carbons (Fsp3) is 0.451. The van der Waals surface area contributed by atoms with Gasteiger partial charge in [-0.3, -0.25) is 24.3 Å². The van der Waals surface area contributed by atoms with Crippen molar-refractivity contribution in [3.8, 4) is 0 Å². The highest BCUT2D eigenvalue weighted by Gasteiger charge is 2.31. The lowest BCUT2D eigenvalue weighted by atomic mass is 9.85. The number of fused-ring (bicyclic) bond motifs is 1. The van der Waals surface area contributed by atoms with E-state index in [1.807, 2.05) is 63.2 Å². The lowest BCUT2D eigenvalue weighted by molar-refractivity contribution is -0.117. The molecule has 2 aromatic heterocycles. The number of nitrogens with one attached hydrogen (secondary N) is 5. The molecule has 4 aromatic rings. The largest absolute Gasteiger partial charge is 0.358 e. The van der Waals surface area contributed by atoms with Crippen molar-refractivity contribution >= 4 is 70.0 Å². The van der Waals surface area contributed by atoms with Crippen molar-refractivity contribution in [2.24, 2.45) is 10.9 Å². The maximum Gasteiger partial charge on any atom is 0.256 e. The molecule has 0 spiro atoms. The van der Waals surface area contributed by atoms with Crippen molar-refractivity contribution in [2.75, 3.05) is 60.1 Å². The lowest BCUT2D eigenvalue weighted by Gasteiger charge is -2.42. The Morgan fingerprint density at radius 3 is 2.26 bits per heavy atom. The van der Waals surface area contributed by atoms with Gasteiger partial charge in [-0.15, -0.1) is 0 Å². The number of aliphatic imine (C=N–C) groups is 1. The number of aromatic nitrogens is 3. The molecule has 1 aliphatic carbocycles. The van der Waals surface area contributed by atoms with E-state index in [1.54, 1.807) is 0 Å². The number of hydrogen-bond donors (Lipinski definition) is 5. The first kappa shape index (κ1) is 48.7. The number of amidine groups is 1. The van der Waals surface area contributed by atoms with Crippen molar-refractivity contribution in [3.05, 3.63) is 93.8 Å². The zero-order chi connectivity index (χ0) is 45.9. The molecule has 4 aliphatic rings. The molecule has 3 amide bonds. The summed E-state index contributed by atoms with van der Waals surface area (Å²) in [7, 11) is 0. The number of H-pyrrole nitrogens is 1. The van der Waals surface area contributed by atoms with Crippen LogP contribution >= 0.6 is 11.8 Å². The third-order valence-corrected chi connectivity index (χ3v) is 12.7. The summed E-state index contributed by atoms with van der Waals surface area (Å²) in [4.78, 5) is 60.6. The van der Waals surface area contributed by atoms with Crippen LogP contribution in [0, 0.1) is 19.8 Å². The summed E-state index contributed by atoms with van der Waals surface area (Å²) in [5.74, 6) is 2.62. The van der Waals surface area contributed by atoms with E-state index in [2.05, 4.69) is 108 Å². The second-order valence-electron chi connectivity index (χ2n) is 19.2. The predicted octanol–water partition coefficient (Wildman–Crippen LogP) is 9.86. The number of piperazine rings is 1. The first-order valence-electron chi connectivity index (χ1n) is 22.5. The van der Waals surface area contributed by atoms with E-state index >= 15 is 0 Å². The van der Waals surface area contributed by atoms with Gasteiger partial charge in [-0.05, 0) is 143 Å². The van der Waals surface area contributed by atoms with Gasteiger partial charge in [-0.1, -0.05) is 41.2 Å². The van der Waals surface area contributed by atoms with Crippen molar-refractivity contribution in [1.82, 2.24) is 25.2 Å². The molecule has 0 atom stereocenters. The smallest absolute Gasteiger partial charge is 0.256 e. The molecule has 3 aliphatic heterocycles. The Morgan fingerprint density at radius 2 is 1.65 bits per heavy atom. The molecular formula is C51H68N10O3S.